The Morgan fingerprint density at radius 3 is 2.56 bits per heavy atom. The van der Waals surface area contributed by atoms with Crippen LogP contribution in [0.1, 0.15) is 47.0 Å². The fraction of sp³-hybridized carbons (Fsp3) is 0.542. The van der Waals surface area contributed by atoms with Crippen molar-refractivity contribution in [2.24, 2.45) is 5.92 Å². The molecule has 200 valence electrons. The monoisotopic (exact) mass is 526 g/mol. The van der Waals surface area contributed by atoms with E-state index >= 15 is 0 Å². The molecule has 0 aliphatic carbocycles. The number of anilines is 1. The van der Waals surface area contributed by atoms with Crippen molar-refractivity contribution >= 4 is 19.3 Å². The number of nitrogen functional groups attached to an aromatic ring is 1. The largest absolute Gasteiger partial charge is 0.465 e. The topological polar surface area (TPSA) is 135 Å². The van der Waals surface area contributed by atoms with E-state index in [1.54, 1.807) is 37.3 Å². The molecule has 1 aromatic heterocycles. The van der Waals surface area contributed by atoms with Gasteiger partial charge in [0.05, 0.1) is 18.9 Å². The van der Waals surface area contributed by atoms with Crippen LogP contribution < -0.4 is 20.1 Å². The van der Waals surface area contributed by atoms with Crippen molar-refractivity contribution in [2.45, 2.75) is 59.1 Å². The number of hydrogen-bond acceptors (Lipinski definition) is 9. The van der Waals surface area contributed by atoms with Gasteiger partial charge in [0.2, 0.25) is 0 Å². The summed E-state index contributed by atoms with van der Waals surface area (Å²) in [4.78, 5) is 20.2. The first-order valence-electron chi connectivity index (χ1n) is 11.9. The molecule has 0 fully saturated rings. The Kier molecular flexibility index (Phi) is 12.1. The first-order chi connectivity index (χ1) is 17.1. The van der Waals surface area contributed by atoms with E-state index in [-0.39, 0.29) is 30.7 Å². The molecule has 0 spiro atoms. The lowest BCUT2D eigenvalue weighted by atomic mass is 10.1. The summed E-state index contributed by atoms with van der Waals surface area (Å²) >= 11 is 0. The zero-order chi connectivity index (χ0) is 26.6. The van der Waals surface area contributed by atoms with Gasteiger partial charge in [0.25, 0.3) is 0 Å². The number of aromatic nitrogens is 2. The van der Waals surface area contributed by atoms with Gasteiger partial charge in [-0.2, -0.15) is 4.98 Å². The Balaban J connectivity index is 2.06. The lowest BCUT2D eigenvalue weighted by Gasteiger charge is -2.28. The summed E-state index contributed by atoms with van der Waals surface area (Å²) < 4.78 is 49.4. The molecule has 1 heterocycles. The highest BCUT2D eigenvalue weighted by atomic mass is 31.2. The van der Waals surface area contributed by atoms with Gasteiger partial charge in [-0.25, -0.2) is 14.5 Å². The van der Waals surface area contributed by atoms with Crippen LogP contribution in [0.15, 0.2) is 36.5 Å². The number of ether oxygens (including phenoxy) is 3. The lowest BCUT2D eigenvalue weighted by Crippen LogP contribution is -2.42. The normalized spacial score (nSPS) is 14.6. The van der Waals surface area contributed by atoms with E-state index in [9.17, 15) is 13.8 Å². The van der Waals surface area contributed by atoms with E-state index in [1.807, 2.05) is 13.8 Å². The molecule has 0 saturated heterocycles. The highest BCUT2D eigenvalue weighted by Gasteiger charge is 2.35. The van der Waals surface area contributed by atoms with Crippen molar-refractivity contribution < 1.29 is 32.5 Å². The molecule has 3 atom stereocenters. The fourth-order valence-corrected chi connectivity index (χ4v) is 4.86. The molecule has 1 aromatic carbocycles. The summed E-state index contributed by atoms with van der Waals surface area (Å²) in [5.74, 6) is -1.45. The summed E-state index contributed by atoms with van der Waals surface area (Å²) in [7, 11) is -3.74. The number of hydrogen-bond donors (Lipinski definition) is 2. The predicted molar refractivity (Wildman–Crippen MR) is 134 cm³/mol. The van der Waals surface area contributed by atoms with Crippen molar-refractivity contribution in [3.8, 4) is 11.8 Å². The third-order valence-electron chi connectivity index (χ3n) is 4.97. The van der Waals surface area contributed by atoms with Crippen molar-refractivity contribution in [1.82, 2.24) is 15.1 Å². The van der Waals surface area contributed by atoms with E-state index in [2.05, 4.69) is 22.0 Å². The SMILES string of the molecule is CCCCCOC(=O)[C@@H](NP(=O)(CO[C@@H](C)COc1ncc(F)c(N)n1)Oc1ccccc1)C(C)C. The van der Waals surface area contributed by atoms with Crippen LogP contribution in [0.4, 0.5) is 10.2 Å². The molecule has 0 aliphatic heterocycles. The van der Waals surface area contributed by atoms with Crippen LogP contribution in [-0.4, -0.2) is 47.6 Å². The molecule has 36 heavy (non-hydrogen) atoms. The number of rotatable bonds is 16. The smallest absolute Gasteiger partial charge is 0.342 e. The van der Waals surface area contributed by atoms with E-state index in [1.165, 1.54) is 0 Å². The average Bonchev–Trinajstić information content (AvgIpc) is 2.85. The minimum atomic E-state index is -3.74. The van der Waals surface area contributed by atoms with Gasteiger partial charge >= 0.3 is 19.5 Å². The molecule has 1 unspecified atom stereocenters. The van der Waals surface area contributed by atoms with Gasteiger partial charge in [0, 0.05) is 0 Å². The van der Waals surface area contributed by atoms with Crippen LogP contribution in [0.5, 0.6) is 11.8 Å². The van der Waals surface area contributed by atoms with Crippen LogP contribution in [0.3, 0.4) is 0 Å². The summed E-state index contributed by atoms with van der Waals surface area (Å²) in [5.41, 5.74) is 5.42. The van der Waals surface area contributed by atoms with Crippen LogP contribution in [0.25, 0.3) is 0 Å². The molecule has 0 amide bonds. The number of unbranched alkanes of at least 4 members (excludes halogenated alkanes) is 2. The second-order valence-corrected chi connectivity index (χ2v) is 10.7. The lowest BCUT2D eigenvalue weighted by molar-refractivity contribution is -0.147. The number of para-hydroxylation sites is 1. The summed E-state index contributed by atoms with van der Waals surface area (Å²) in [6.07, 6.45) is 2.69. The molecule has 10 nitrogen and oxygen atoms in total. The highest BCUT2D eigenvalue weighted by Crippen LogP contribution is 2.44. The zero-order valence-corrected chi connectivity index (χ0v) is 22.1. The third-order valence-corrected chi connectivity index (χ3v) is 6.64. The minimum Gasteiger partial charge on any atom is -0.465 e. The molecule has 0 saturated carbocycles. The van der Waals surface area contributed by atoms with Gasteiger partial charge in [0.15, 0.2) is 11.6 Å². The van der Waals surface area contributed by atoms with E-state index in [0.717, 1.165) is 25.5 Å². The Labute approximate surface area is 211 Å². The van der Waals surface area contributed by atoms with Crippen molar-refractivity contribution in [1.29, 1.82) is 0 Å². The Morgan fingerprint density at radius 2 is 1.92 bits per heavy atom. The molecular formula is C24H36FN4O6P. The number of nitrogens with two attached hydrogens (primary N) is 1. The highest BCUT2D eigenvalue weighted by molar-refractivity contribution is 7.57. The zero-order valence-electron chi connectivity index (χ0n) is 21.2. The van der Waals surface area contributed by atoms with Crippen LogP contribution in [-0.2, 0) is 18.8 Å². The number of carbonyl (C=O) groups excluding carboxylic acids is 1. The number of carbonyl (C=O) groups is 1. The average molecular weight is 527 g/mol. The number of benzene rings is 1. The van der Waals surface area contributed by atoms with Crippen molar-refractivity contribution in [3.63, 3.8) is 0 Å². The minimum absolute atomic E-state index is 0.0243. The number of nitrogens with zero attached hydrogens (tertiary/aromatic N) is 2. The molecule has 0 radical (unpaired) electrons. The van der Waals surface area contributed by atoms with Gasteiger partial charge in [-0.05, 0) is 31.4 Å². The second-order valence-electron chi connectivity index (χ2n) is 8.61. The number of halogens is 1. The van der Waals surface area contributed by atoms with Gasteiger partial charge in [-0.3, -0.25) is 9.36 Å². The predicted octanol–water partition coefficient (Wildman–Crippen LogP) is 4.56. The van der Waals surface area contributed by atoms with Crippen LogP contribution in [0.2, 0.25) is 0 Å². The molecule has 12 heteroatoms. The number of esters is 1. The first kappa shape index (κ1) is 29.5. The number of nitrogens with one attached hydrogen (secondary N) is 1. The van der Waals surface area contributed by atoms with Gasteiger partial charge in [-0.1, -0.05) is 51.8 Å². The maximum Gasteiger partial charge on any atom is 0.342 e. The molecule has 2 rings (SSSR count). The van der Waals surface area contributed by atoms with Gasteiger partial charge < -0.3 is 24.5 Å². The first-order valence-corrected chi connectivity index (χ1v) is 13.7. The second kappa shape index (κ2) is 14.7. The maximum absolute atomic E-state index is 13.8. The molecule has 3 N–H and O–H groups in total. The van der Waals surface area contributed by atoms with Crippen molar-refractivity contribution in [3.05, 3.63) is 42.3 Å². The Hall–Kier alpha value is -2.75. The van der Waals surface area contributed by atoms with Gasteiger partial charge in [0.1, 0.15) is 24.7 Å². The summed E-state index contributed by atoms with van der Waals surface area (Å²) in [6.45, 7) is 7.66. The Morgan fingerprint density at radius 1 is 1.19 bits per heavy atom. The fourth-order valence-electron chi connectivity index (χ4n) is 2.94. The van der Waals surface area contributed by atoms with E-state index in [0.29, 0.717) is 12.4 Å². The summed E-state index contributed by atoms with van der Waals surface area (Å²) in [6, 6.07) is 7.62. The molecular weight excluding hydrogens is 490 g/mol. The maximum atomic E-state index is 13.8. The Bertz CT molecular complexity index is 998. The van der Waals surface area contributed by atoms with Crippen LogP contribution in [0, 0.1) is 11.7 Å². The molecule has 0 aliphatic rings. The van der Waals surface area contributed by atoms with Gasteiger partial charge in [-0.15, -0.1) is 0 Å². The quantitative estimate of drug-likeness (QED) is 0.182. The van der Waals surface area contributed by atoms with E-state index in [4.69, 9.17) is 24.5 Å². The van der Waals surface area contributed by atoms with Crippen LogP contribution >= 0.6 is 7.52 Å². The summed E-state index contributed by atoms with van der Waals surface area (Å²) in [5, 5.41) is 2.87. The van der Waals surface area contributed by atoms with E-state index < -0.39 is 31.5 Å². The van der Waals surface area contributed by atoms with Crippen molar-refractivity contribution in [2.75, 3.05) is 25.3 Å². The third kappa shape index (κ3) is 10.1. The molecule has 2 aromatic rings. The standard InChI is InChI=1S/C24H36FN4O6P/c1-5-6-10-13-32-23(30)21(17(2)3)29-36(31,35-19-11-8-7-9-12-19)16-34-18(4)15-33-24-27-14-20(25)22(26)28-24/h7-9,11-12,14,17-18,21H,5-6,10,13,15-16H2,1-4H3,(H,29,31)(H2,26,27,28)/t18-,21-,36?/m0/s1. The molecule has 0 bridgehead atoms.